The number of hydrogen-bond donors (Lipinski definition) is 2. The molecule has 1 amide bonds. The van der Waals surface area contributed by atoms with Crippen LogP contribution in [-0.2, 0) is 11.3 Å². The van der Waals surface area contributed by atoms with Crippen LogP contribution in [0.3, 0.4) is 0 Å². The minimum atomic E-state index is -0.480. The molecule has 0 fully saturated rings. The van der Waals surface area contributed by atoms with Gasteiger partial charge in [-0.15, -0.1) is 0 Å². The van der Waals surface area contributed by atoms with E-state index in [1.807, 2.05) is 19.1 Å². The second kappa shape index (κ2) is 6.91. The number of carbonyl (C=O) groups excluding carboxylic acids is 1. The molecule has 6 nitrogen and oxygen atoms in total. The van der Waals surface area contributed by atoms with Gasteiger partial charge in [-0.2, -0.15) is 5.10 Å². The van der Waals surface area contributed by atoms with Gasteiger partial charge >= 0.3 is 0 Å². The number of nitrogens with zero attached hydrogens (tertiary/aromatic N) is 2. The molecule has 0 saturated heterocycles. The lowest BCUT2D eigenvalue weighted by Crippen LogP contribution is -2.53. The zero-order valence-corrected chi connectivity index (χ0v) is 13.9. The molecule has 0 spiro atoms. The van der Waals surface area contributed by atoms with Crippen molar-refractivity contribution in [3.8, 4) is 0 Å². The quantitative estimate of drug-likeness (QED) is 0.840. The number of fused-ring (bicyclic) bond motifs is 1. The maximum Gasteiger partial charge on any atom is 0.275 e. The van der Waals surface area contributed by atoms with Crippen LogP contribution in [0.2, 0.25) is 0 Å². The van der Waals surface area contributed by atoms with E-state index in [1.165, 1.54) is 4.68 Å². The van der Waals surface area contributed by atoms with Crippen molar-refractivity contribution >= 4 is 16.7 Å². The van der Waals surface area contributed by atoms with E-state index in [4.69, 9.17) is 5.73 Å². The number of nitrogens with one attached hydrogen (secondary N) is 1. The molecule has 0 saturated carbocycles. The van der Waals surface area contributed by atoms with Gasteiger partial charge in [-0.05, 0) is 25.3 Å². The summed E-state index contributed by atoms with van der Waals surface area (Å²) in [5.74, 6) is 0.147. The third-order valence-electron chi connectivity index (χ3n) is 3.81. The first-order chi connectivity index (χ1) is 10.8. The molecule has 1 aromatic heterocycles. The summed E-state index contributed by atoms with van der Waals surface area (Å²) in [6, 6.07) is 7.19. The number of amides is 1. The normalized spacial score (nSPS) is 14.0. The SMILES string of the molecule is CC(C)CC(C)(CN)NC(=O)Cn1ncc2ccccc2c1=O. The Morgan fingerprint density at radius 2 is 2.09 bits per heavy atom. The number of carbonyl (C=O) groups is 1. The summed E-state index contributed by atoms with van der Waals surface area (Å²) in [6.07, 6.45) is 2.37. The molecule has 0 aliphatic carbocycles. The zero-order valence-electron chi connectivity index (χ0n) is 13.9. The molecule has 2 aromatic rings. The van der Waals surface area contributed by atoms with Gasteiger partial charge in [-0.1, -0.05) is 32.0 Å². The Morgan fingerprint density at radius 3 is 2.74 bits per heavy atom. The summed E-state index contributed by atoms with van der Waals surface area (Å²) in [7, 11) is 0. The fourth-order valence-corrected chi connectivity index (χ4v) is 2.84. The lowest BCUT2D eigenvalue weighted by Gasteiger charge is -2.31. The van der Waals surface area contributed by atoms with E-state index in [1.54, 1.807) is 18.3 Å². The van der Waals surface area contributed by atoms with Crippen molar-refractivity contribution in [2.24, 2.45) is 11.7 Å². The summed E-state index contributed by atoms with van der Waals surface area (Å²) < 4.78 is 1.18. The Kier molecular flexibility index (Phi) is 5.15. The highest BCUT2D eigenvalue weighted by Crippen LogP contribution is 2.15. The fourth-order valence-electron chi connectivity index (χ4n) is 2.84. The maximum atomic E-state index is 12.4. The van der Waals surface area contributed by atoms with Gasteiger partial charge in [0, 0.05) is 17.5 Å². The molecule has 1 heterocycles. The number of rotatable bonds is 6. The lowest BCUT2D eigenvalue weighted by atomic mass is 9.91. The molecule has 6 heteroatoms. The van der Waals surface area contributed by atoms with Crippen molar-refractivity contribution in [3.63, 3.8) is 0 Å². The largest absolute Gasteiger partial charge is 0.348 e. The molecule has 0 bridgehead atoms. The molecule has 2 rings (SSSR count). The van der Waals surface area contributed by atoms with Crippen molar-refractivity contribution in [2.75, 3.05) is 6.54 Å². The third-order valence-corrected chi connectivity index (χ3v) is 3.81. The summed E-state index contributed by atoms with van der Waals surface area (Å²) in [6.45, 7) is 6.31. The predicted octanol–water partition coefficient (Wildman–Crippen LogP) is 1.28. The highest BCUT2D eigenvalue weighted by atomic mass is 16.2. The Morgan fingerprint density at radius 1 is 1.39 bits per heavy atom. The number of nitrogens with two attached hydrogens (primary N) is 1. The van der Waals surface area contributed by atoms with Gasteiger partial charge in [0.25, 0.3) is 5.56 Å². The molecule has 0 radical (unpaired) electrons. The van der Waals surface area contributed by atoms with Gasteiger partial charge in [0.05, 0.1) is 11.6 Å². The molecule has 1 aromatic carbocycles. The van der Waals surface area contributed by atoms with E-state index in [0.717, 1.165) is 11.8 Å². The van der Waals surface area contributed by atoms with Crippen LogP contribution in [0.4, 0.5) is 0 Å². The highest BCUT2D eigenvalue weighted by molar-refractivity contribution is 5.81. The van der Waals surface area contributed by atoms with Crippen molar-refractivity contribution < 1.29 is 4.79 Å². The molecule has 0 aliphatic heterocycles. The van der Waals surface area contributed by atoms with E-state index < -0.39 is 5.54 Å². The fraction of sp³-hybridized carbons (Fsp3) is 0.471. The molecule has 0 aliphatic rings. The first kappa shape index (κ1) is 17.1. The molecular formula is C17H24N4O2. The minimum Gasteiger partial charge on any atom is -0.348 e. The highest BCUT2D eigenvalue weighted by Gasteiger charge is 2.26. The zero-order chi connectivity index (χ0) is 17.0. The van der Waals surface area contributed by atoms with Crippen molar-refractivity contribution in [3.05, 3.63) is 40.8 Å². The monoisotopic (exact) mass is 316 g/mol. The standard InChI is InChI=1S/C17H24N4O2/c1-12(2)8-17(3,11-18)20-15(22)10-21-16(23)14-7-5-4-6-13(14)9-19-21/h4-7,9,12H,8,10-11,18H2,1-3H3,(H,20,22). The third kappa shape index (κ3) is 4.16. The second-order valence-corrected chi connectivity index (χ2v) is 6.61. The Labute approximate surface area is 135 Å². The van der Waals surface area contributed by atoms with Gasteiger partial charge < -0.3 is 11.1 Å². The Hall–Kier alpha value is -2.21. The van der Waals surface area contributed by atoms with Gasteiger partial charge in [-0.25, -0.2) is 4.68 Å². The molecule has 3 N–H and O–H groups in total. The topological polar surface area (TPSA) is 90.0 Å². The molecule has 124 valence electrons. The van der Waals surface area contributed by atoms with E-state index in [-0.39, 0.29) is 18.0 Å². The minimum absolute atomic E-state index is 0.114. The van der Waals surface area contributed by atoms with Gasteiger partial charge in [-0.3, -0.25) is 9.59 Å². The first-order valence-corrected chi connectivity index (χ1v) is 7.80. The molecule has 1 atom stereocenters. The number of hydrogen-bond acceptors (Lipinski definition) is 4. The Balaban J connectivity index is 2.17. The molecule has 23 heavy (non-hydrogen) atoms. The van der Waals surface area contributed by atoms with Crippen LogP contribution >= 0.6 is 0 Å². The summed E-state index contributed by atoms with van der Waals surface area (Å²) in [5, 5.41) is 8.33. The summed E-state index contributed by atoms with van der Waals surface area (Å²) in [5.41, 5.74) is 5.05. The van der Waals surface area contributed by atoms with Crippen molar-refractivity contribution in [2.45, 2.75) is 39.3 Å². The molecular weight excluding hydrogens is 292 g/mol. The van der Waals surface area contributed by atoms with Crippen molar-refractivity contribution in [1.82, 2.24) is 15.1 Å². The van der Waals surface area contributed by atoms with E-state index >= 15 is 0 Å². The summed E-state index contributed by atoms with van der Waals surface area (Å²) in [4.78, 5) is 24.7. The van der Waals surface area contributed by atoms with Gasteiger partial charge in [0.15, 0.2) is 0 Å². The lowest BCUT2D eigenvalue weighted by molar-refractivity contribution is -0.123. The van der Waals surface area contributed by atoms with Crippen LogP contribution in [0.1, 0.15) is 27.2 Å². The van der Waals surface area contributed by atoms with Crippen LogP contribution in [0.15, 0.2) is 35.3 Å². The Bertz CT molecular complexity index is 754. The van der Waals surface area contributed by atoms with E-state index in [2.05, 4.69) is 24.3 Å². The average Bonchev–Trinajstić information content (AvgIpc) is 2.49. The van der Waals surface area contributed by atoms with Gasteiger partial charge in [0.2, 0.25) is 5.91 Å². The van der Waals surface area contributed by atoms with Crippen LogP contribution in [0.5, 0.6) is 0 Å². The van der Waals surface area contributed by atoms with E-state index in [9.17, 15) is 9.59 Å². The number of benzene rings is 1. The average molecular weight is 316 g/mol. The summed E-state index contributed by atoms with van der Waals surface area (Å²) >= 11 is 0. The van der Waals surface area contributed by atoms with Crippen molar-refractivity contribution in [1.29, 1.82) is 0 Å². The van der Waals surface area contributed by atoms with Crippen LogP contribution in [0.25, 0.3) is 10.8 Å². The smallest absolute Gasteiger partial charge is 0.275 e. The maximum absolute atomic E-state index is 12.4. The van der Waals surface area contributed by atoms with Crippen LogP contribution in [-0.4, -0.2) is 27.8 Å². The predicted molar refractivity (Wildman–Crippen MR) is 91.1 cm³/mol. The second-order valence-electron chi connectivity index (χ2n) is 6.61. The van der Waals surface area contributed by atoms with Gasteiger partial charge in [0.1, 0.15) is 6.54 Å². The van der Waals surface area contributed by atoms with Crippen LogP contribution in [0, 0.1) is 5.92 Å². The first-order valence-electron chi connectivity index (χ1n) is 7.80. The number of aromatic nitrogens is 2. The molecule has 1 unspecified atom stereocenters. The van der Waals surface area contributed by atoms with E-state index in [0.29, 0.717) is 17.8 Å². The van der Waals surface area contributed by atoms with Crippen LogP contribution < -0.4 is 16.6 Å².